The zero-order chi connectivity index (χ0) is 23.0. The van der Waals surface area contributed by atoms with E-state index in [2.05, 4.69) is 0 Å². The third-order valence-electron chi connectivity index (χ3n) is 6.03. The summed E-state index contributed by atoms with van der Waals surface area (Å²) in [6.45, 7) is 1.86. The van der Waals surface area contributed by atoms with Gasteiger partial charge in [0.15, 0.2) is 17.3 Å². The van der Waals surface area contributed by atoms with Crippen molar-refractivity contribution in [3.05, 3.63) is 58.9 Å². The van der Waals surface area contributed by atoms with Gasteiger partial charge in [-0.1, -0.05) is 0 Å². The number of aromatic nitrogens is 1. The van der Waals surface area contributed by atoms with Crippen LogP contribution >= 0.6 is 0 Å². The van der Waals surface area contributed by atoms with Crippen LogP contribution in [-0.2, 0) is 18.3 Å². The smallest absolute Gasteiger partial charge is 0.231 e. The van der Waals surface area contributed by atoms with Crippen LogP contribution in [-0.4, -0.2) is 49.0 Å². The molecule has 0 saturated heterocycles. The second-order valence-electron chi connectivity index (χ2n) is 7.75. The zero-order valence-electron chi connectivity index (χ0n) is 18.9. The van der Waals surface area contributed by atoms with Crippen LogP contribution in [0.4, 0.5) is 0 Å². The number of carbonyl (C=O) groups excluding carboxylic acids is 2. The fraction of sp³-hybridized carbons (Fsp3) is 0.280. The van der Waals surface area contributed by atoms with Crippen LogP contribution in [0, 0.1) is 6.92 Å². The van der Waals surface area contributed by atoms with Gasteiger partial charge in [0.1, 0.15) is 5.75 Å². The molecule has 3 aromatic rings. The van der Waals surface area contributed by atoms with Gasteiger partial charge in [-0.3, -0.25) is 9.59 Å². The van der Waals surface area contributed by atoms with Crippen LogP contribution in [0.5, 0.6) is 17.2 Å². The van der Waals surface area contributed by atoms with Crippen LogP contribution < -0.4 is 14.2 Å². The lowest BCUT2D eigenvalue weighted by molar-refractivity contribution is -0.127. The lowest BCUT2D eigenvalue weighted by Crippen LogP contribution is -2.32. The average Bonchev–Trinajstić information content (AvgIpc) is 2.95. The number of fused-ring (bicyclic) bond motifs is 2. The lowest BCUT2D eigenvalue weighted by atomic mass is 10.0. The third kappa shape index (κ3) is 3.60. The summed E-state index contributed by atoms with van der Waals surface area (Å²) in [4.78, 5) is 27.8. The van der Waals surface area contributed by atoms with E-state index in [1.807, 2.05) is 54.9 Å². The molecule has 0 atom stereocenters. The second-order valence-corrected chi connectivity index (χ2v) is 7.75. The van der Waals surface area contributed by atoms with E-state index in [-0.39, 0.29) is 24.7 Å². The van der Waals surface area contributed by atoms with Crippen molar-refractivity contribution >= 4 is 28.7 Å². The number of methoxy groups -OCH3 is 3. The van der Waals surface area contributed by atoms with E-state index in [4.69, 9.17) is 14.2 Å². The lowest BCUT2D eigenvalue weighted by Gasteiger charge is -2.16. The van der Waals surface area contributed by atoms with Gasteiger partial charge in [-0.25, -0.2) is 0 Å². The summed E-state index contributed by atoms with van der Waals surface area (Å²) in [6, 6.07) is 9.32. The van der Waals surface area contributed by atoms with Gasteiger partial charge in [-0.2, -0.15) is 0 Å². The molecule has 4 rings (SSSR count). The molecule has 7 heteroatoms. The van der Waals surface area contributed by atoms with Crippen LogP contribution in [0.15, 0.2) is 36.5 Å². The molecular weight excluding hydrogens is 408 g/mol. The van der Waals surface area contributed by atoms with E-state index < -0.39 is 0 Å². The SMILES string of the molecule is COc1ccc2c(c1)c(C(=O)CN1C=Cc3cc(OC)c(OC)cc3CC1=O)c(C)n2C. The van der Waals surface area contributed by atoms with Gasteiger partial charge in [-0.05, 0) is 54.5 Å². The van der Waals surface area contributed by atoms with Crippen molar-refractivity contribution < 1.29 is 23.8 Å². The van der Waals surface area contributed by atoms with Gasteiger partial charge in [0, 0.05) is 35.4 Å². The highest BCUT2D eigenvalue weighted by molar-refractivity contribution is 6.11. The van der Waals surface area contributed by atoms with Gasteiger partial charge in [-0.15, -0.1) is 0 Å². The molecule has 0 fully saturated rings. The standard InChI is InChI=1S/C25H26N2O5/c1-15-25(19-13-18(30-3)6-7-20(19)26(15)2)21(28)14-27-9-8-16-10-22(31-4)23(32-5)11-17(16)12-24(27)29/h6-11,13H,12,14H2,1-5H3. The molecule has 1 amide bonds. The highest BCUT2D eigenvalue weighted by Crippen LogP contribution is 2.33. The molecule has 2 aromatic carbocycles. The molecule has 32 heavy (non-hydrogen) atoms. The number of nitrogens with zero attached hydrogens (tertiary/aromatic N) is 2. The topological polar surface area (TPSA) is 70.0 Å². The molecule has 0 unspecified atom stereocenters. The minimum absolute atomic E-state index is 0.0469. The van der Waals surface area contributed by atoms with E-state index in [1.54, 1.807) is 27.5 Å². The van der Waals surface area contributed by atoms with Crippen molar-refractivity contribution in [3.63, 3.8) is 0 Å². The molecule has 1 aliphatic rings. The minimum atomic E-state index is -0.156. The number of amides is 1. The third-order valence-corrected chi connectivity index (χ3v) is 6.03. The molecule has 0 spiro atoms. The monoisotopic (exact) mass is 434 g/mol. The minimum Gasteiger partial charge on any atom is -0.497 e. The number of ether oxygens (including phenoxy) is 3. The number of ketones is 1. The summed E-state index contributed by atoms with van der Waals surface area (Å²) < 4.78 is 18.1. The van der Waals surface area contributed by atoms with E-state index in [0.717, 1.165) is 27.7 Å². The second kappa shape index (κ2) is 8.42. The fourth-order valence-electron chi connectivity index (χ4n) is 4.17. The molecule has 2 heterocycles. The Morgan fingerprint density at radius 3 is 2.44 bits per heavy atom. The highest BCUT2D eigenvalue weighted by Gasteiger charge is 2.25. The summed E-state index contributed by atoms with van der Waals surface area (Å²) >= 11 is 0. The van der Waals surface area contributed by atoms with Crippen molar-refractivity contribution in [1.29, 1.82) is 0 Å². The number of benzene rings is 2. The van der Waals surface area contributed by atoms with E-state index in [9.17, 15) is 9.59 Å². The maximum atomic E-state index is 13.4. The maximum absolute atomic E-state index is 13.4. The number of hydrogen-bond acceptors (Lipinski definition) is 5. The normalized spacial score (nSPS) is 13.2. The van der Waals surface area contributed by atoms with E-state index >= 15 is 0 Å². The van der Waals surface area contributed by atoms with Gasteiger partial charge >= 0.3 is 0 Å². The van der Waals surface area contributed by atoms with Crippen LogP contribution in [0.1, 0.15) is 27.2 Å². The Bertz CT molecular complexity index is 1260. The largest absolute Gasteiger partial charge is 0.497 e. The molecule has 166 valence electrons. The molecule has 1 aromatic heterocycles. The summed E-state index contributed by atoms with van der Waals surface area (Å²) in [5.41, 5.74) is 4.08. The van der Waals surface area contributed by atoms with Crippen LogP contribution in [0.3, 0.4) is 0 Å². The Morgan fingerprint density at radius 1 is 1.03 bits per heavy atom. The van der Waals surface area contributed by atoms with Crippen molar-refractivity contribution in [2.75, 3.05) is 27.9 Å². The quantitative estimate of drug-likeness (QED) is 0.553. The summed E-state index contributed by atoms with van der Waals surface area (Å²) in [6.07, 6.45) is 3.66. The number of hydrogen-bond donors (Lipinski definition) is 0. The Labute approximate surface area is 186 Å². The molecule has 7 nitrogen and oxygen atoms in total. The first-order valence-electron chi connectivity index (χ1n) is 10.3. The molecule has 0 aliphatic carbocycles. The summed E-state index contributed by atoms with van der Waals surface area (Å²) in [7, 11) is 6.66. The fourth-order valence-corrected chi connectivity index (χ4v) is 4.17. The molecular formula is C25H26N2O5. The van der Waals surface area contributed by atoms with Gasteiger partial charge in [0.25, 0.3) is 0 Å². The molecule has 0 N–H and O–H groups in total. The van der Waals surface area contributed by atoms with Gasteiger partial charge in [0.2, 0.25) is 5.91 Å². The molecule has 0 saturated carbocycles. The van der Waals surface area contributed by atoms with Crippen molar-refractivity contribution in [1.82, 2.24) is 9.47 Å². The molecule has 0 bridgehead atoms. The Morgan fingerprint density at radius 2 is 1.75 bits per heavy atom. The maximum Gasteiger partial charge on any atom is 0.231 e. The van der Waals surface area contributed by atoms with Crippen LogP contribution in [0.2, 0.25) is 0 Å². The summed E-state index contributed by atoms with van der Waals surface area (Å²) in [5, 5.41) is 0.818. The Hall–Kier alpha value is -3.74. The van der Waals surface area contributed by atoms with E-state index in [0.29, 0.717) is 22.8 Å². The molecule has 0 radical (unpaired) electrons. The first kappa shape index (κ1) is 21.5. The van der Waals surface area contributed by atoms with Crippen molar-refractivity contribution in [2.24, 2.45) is 7.05 Å². The Kier molecular flexibility index (Phi) is 5.65. The number of rotatable bonds is 6. The van der Waals surface area contributed by atoms with Crippen LogP contribution in [0.25, 0.3) is 17.0 Å². The average molecular weight is 434 g/mol. The van der Waals surface area contributed by atoms with Gasteiger partial charge < -0.3 is 23.7 Å². The predicted molar refractivity (Wildman–Crippen MR) is 123 cm³/mol. The Balaban J connectivity index is 1.66. The van der Waals surface area contributed by atoms with Crippen molar-refractivity contribution in [3.8, 4) is 17.2 Å². The summed E-state index contributed by atoms with van der Waals surface area (Å²) in [5.74, 6) is 1.56. The number of carbonyl (C=O) groups is 2. The van der Waals surface area contributed by atoms with Gasteiger partial charge in [0.05, 0.1) is 34.3 Å². The zero-order valence-corrected chi connectivity index (χ0v) is 18.9. The predicted octanol–water partition coefficient (Wildman–Crippen LogP) is 3.75. The first-order chi connectivity index (χ1) is 15.4. The molecule has 1 aliphatic heterocycles. The highest BCUT2D eigenvalue weighted by atomic mass is 16.5. The van der Waals surface area contributed by atoms with E-state index in [1.165, 1.54) is 4.90 Å². The first-order valence-corrected chi connectivity index (χ1v) is 10.3. The van der Waals surface area contributed by atoms with Crippen molar-refractivity contribution in [2.45, 2.75) is 13.3 Å². The number of aryl methyl sites for hydroxylation is 1. The number of Topliss-reactive ketones (excluding diaryl/α,β-unsaturated/α-hetero) is 1.